The van der Waals surface area contributed by atoms with Crippen molar-refractivity contribution in [2.75, 3.05) is 19.0 Å². The third-order valence-corrected chi connectivity index (χ3v) is 5.39. The van der Waals surface area contributed by atoms with Gasteiger partial charge in [0.15, 0.2) is 0 Å². The Morgan fingerprint density at radius 3 is 2.61 bits per heavy atom. The van der Waals surface area contributed by atoms with E-state index in [1.165, 1.54) is 7.11 Å². The van der Waals surface area contributed by atoms with Crippen molar-refractivity contribution in [3.8, 4) is 5.75 Å². The highest BCUT2D eigenvalue weighted by atomic mass is 79.9. The number of thioether (sulfide) groups is 1. The van der Waals surface area contributed by atoms with Crippen molar-refractivity contribution in [1.29, 1.82) is 0 Å². The van der Waals surface area contributed by atoms with Crippen LogP contribution in [0.15, 0.2) is 51.8 Å². The van der Waals surface area contributed by atoms with E-state index < -0.39 is 17.1 Å². The molecule has 8 heteroatoms. The molecule has 1 N–H and O–H groups in total. The zero-order chi connectivity index (χ0) is 20.3. The van der Waals surface area contributed by atoms with Crippen molar-refractivity contribution in [2.24, 2.45) is 0 Å². The predicted octanol–water partition coefficient (Wildman–Crippen LogP) is 4.44. The zero-order valence-corrected chi connectivity index (χ0v) is 17.6. The summed E-state index contributed by atoms with van der Waals surface area (Å²) in [6.07, 6.45) is 1.59. The smallest absolute Gasteiger partial charge is 0.294 e. The number of carbonyl (C=O) groups is 3. The Kier molecular flexibility index (Phi) is 6.21. The summed E-state index contributed by atoms with van der Waals surface area (Å²) >= 11 is 4.18. The second-order valence-electron chi connectivity index (χ2n) is 6.07. The van der Waals surface area contributed by atoms with Crippen LogP contribution in [-0.4, -0.2) is 35.6 Å². The minimum Gasteiger partial charge on any atom is -0.496 e. The van der Waals surface area contributed by atoms with Gasteiger partial charge in [-0.3, -0.25) is 19.3 Å². The lowest BCUT2D eigenvalue weighted by Crippen LogP contribution is -2.36. The Bertz CT molecular complexity index is 973. The maximum absolute atomic E-state index is 12.6. The molecule has 0 bridgehead atoms. The fourth-order valence-corrected chi connectivity index (χ4v) is 3.78. The van der Waals surface area contributed by atoms with Gasteiger partial charge in [-0.25, -0.2) is 0 Å². The summed E-state index contributed by atoms with van der Waals surface area (Å²) < 4.78 is 6.11. The van der Waals surface area contributed by atoms with Gasteiger partial charge in [0, 0.05) is 15.7 Å². The molecular formula is C20H17BrN2O4S. The van der Waals surface area contributed by atoms with Gasteiger partial charge in [0.25, 0.3) is 11.1 Å². The monoisotopic (exact) mass is 460 g/mol. The summed E-state index contributed by atoms with van der Waals surface area (Å²) in [5, 5.41) is 2.21. The number of rotatable bonds is 5. The Morgan fingerprint density at radius 2 is 1.93 bits per heavy atom. The molecule has 1 aliphatic heterocycles. The van der Waals surface area contributed by atoms with Crippen LogP contribution < -0.4 is 10.1 Å². The van der Waals surface area contributed by atoms with E-state index in [9.17, 15) is 14.4 Å². The highest BCUT2D eigenvalue weighted by molar-refractivity contribution is 9.10. The highest BCUT2D eigenvalue weighted by Crippen LogP contribution is 2.34. The summed E-state index contributed by atoms with van der Waals surface area (Å²) in [6.45, 7) is 1.60. The average molecular weight is 461 g/mol. The second-order valence-corrected chi connectivity index (χ2v) is 7.98. The van der Waals surface area contributed by atoms with Crippen LogP contribution in [0.4, 0.5) is 10.5 Å². The molecule has 2 aromatic rings. The van der Waals surface area contributed by atoms with Crippen LogP contribution >= 0.6 is 27.7 Å². The van der Waals surface area contributed by atoms with Crippen molar-refractivity contribution in [3.63, 3.8) is 0 Å². The van der Waals surface area contributed by atoms with Crippen LogP contribution in [0.3, 0.4) is 0 Å². The van der Waals surface area contributed by atoms with E-state index in [2.05, 4.69) is 21.2 Å². The third-order valence-electron chi connectivity index (χ3n) is 3.99. The van der Waals surface area contributed by atoms with E-state index in [1.54, 1.807) is 30.3 Å². The van der Waals surface area contributed by atoms with Gasteiger partial charge in [-0.2, -0.15) is 0 Å². The Morgan fingerprint density at radius 1 is 1.21 bits per heavy atom. The largest absolute Gasteiger partial charge is 0.496 e. The molecule has 2 aromatic carbocycles. The van der Waals surface area contributed by atoms with Crippen molar-refractivity contribution in [1.82, 2.24) is 4.90 Å². The van der Waals surface area contributed by atoms with Crippen molar-refractivity contribution < 1.29 is 19.1 Å². The molecule has 3 amide bonds. The first-order valence-electron chi connectivity index (χ1n) is 8.33. The number of hydrogen-bond acceptors (Lipinski definition) is 5. The first-order chi connectivity index (χ1) is 13.4. The second kappa shape index (κ2) is 8.62. The molecule has 0 atom stereocenters. The van der Waals surface area contributed by atoms with Crippen LogP contribution in [-0.2, 0) is 9.59 Å². The number of benzene rings is 2. The van der Waals surface area contributed by atoms with Crippen LogP contribution in [0.25, 0.3) is 6.08 Å². The average Bonchev–Trinajstić information content (AvgIpc) is 2.91. The lowest BCUT2D eigenvalue weighted by Gasteiger charge is -2.12. The number of imide groups is 1. The molecule has 0 aliphatic carbocycles. The van der Waals surface area contributed by atoms with Gasteiger partial charge in [-0.05, 0) is 55.1 Å². The van der Waals surface area contributed by atoms with E-state index in [-0.39, 0.29) is 11.4 Å². The van der Waals surface area contributed by atoms with Gasteiger partial charge in [-0.1, -0.05) is 33.6 Å². The zero-order valence-electron chi connectivity index (χ0n) is 15.2. The lowest BCUT2D eigenvalue weighted by molar-refractivity contribution is -0.127. The predicted molar refractivity (Wildman–Crippen MR) is 113 cm³/mol. The minimum atomic E-state index is -0.504. The summed E-state index contributed by atoms with van der Waals surface area (Å²) in [6, 6.07) is 12.6. The number of methoxy groups -OCH3 is 1. The summed E-state index contributed by atoms with van der Waals surface area (Å²) in [5.41, 5.74) is 2.33. The maximum Gasteiger partial charge on any atom is 0.294 e. The number of hydrogen-bond donors (Lipinski definition) is 1. The number of aryl methyl sites for hydroxylation is 1. The van der Waals surface area contributed by atoms with E-state index >= 15 is 0 Å². The van der Waals surface area contributed by atoms with E-state index in [0.717, 1.165) is 26.7 Å². The Hall–Kier alpha value is -2.58. The number of anilines is 1. The van der Waals surface area contributed by atoms with Gasteiger partial charge in [0.2, 0.25) is 5.91 Å². The molecule has 0 radical (unpaired) electrons. The molecule has 144 valence electrons. The fraction of sp³-hybridized carbons (Fsp3) is 0.150. The van der Waals surface area contributed by atoms with Crippen LogP contribution in [0.2, 0.25) is 0 Å². The molecule has 6 nitrogen and oxygen atoms in total. The van der Waals surface area contributed by atoms with Gasteiger partial charge < -0.3 is 10.1 Å². The molecule has 1 fully saturated rings. The quantitative estimate of drug-likeness (QED) is 0.667. The van der Waals surface area contributed by atoms with Crippen molar-refractivity contribution >= 4 is 56.5 Å². The topological polar surface area (TPSA) is 75.7 Å². The molecule has 3 rings (SSSR count). The van der Waals surface area contributed by atoms with Crippen LogP contribution in [0.1, 0.15) is 11.1 Å². The number of halogens is 1. The molecular weight excluding hydrogens is 444 g/mol. The third kappa shape index (κ3) is 4.63. The number of nitrogens with zero attached hydrogens (tertiary/aromatic N) is 1. The Balaban J connectivity index is 1.74. The summed E-state index contributed by atoms with van der Waals surface area (Å²) in [4.78, 5) is 38.3. The van der Waals surface area contributed by atoms with E-state index in [1.807, 2.05) is 25.1 Å². The summed E-state index contributed by atoms with van der Waals surface area (Å²) in [7, 11) is 1.53. The number of nitrogens with one attached hydrogen (secondary N) is 1. The standard InChI is InChI=1S/C20H17BrN2O4S/c1-12-3-6-15(7-4-12)22-18(24)11-23-19(25)17(28-20(23)26)10-13-9-14(21)5-8-16(13)27-2/h3-10H,11H2,1-2H3,(H,22,24)/b17-10+. The van der Waals surface area contributed by atoms with Gasteiger partial charge in [-0.15, -0.1) is 0 Å². The summed E-state index contributed by atoms with van der Waals surface area (Å²) in [5.74, 6) is -0.365. The van der Waals surface area contributed by atoms with Crippen LogP contribution in [0.5, 0.6) is 5.75 Å². The van der Waals surface area contributed by atoms with Crippen molar-refractivity contribution in [2.45, 2.75) is 6.92 Å². The maximum atomic E-state index is 12.6. The SMILES string of the molecule is COc1ccc(Br)cc1/C=C1/SC(=O)N(CC(=O)Nc2ccc(C)cc2)C1=O. The van der Waals surface area contributed by atoms with E-state index in [0.29, 0.717) is 17.0 Å². The van der Waals surface area contributed by atoms with Crippen LogP contribution in [0, 0.1) is 6.92 Å². The normalized spacial score (nSPS) is 15.2. The van der Waals surface area contributed by atoms with Gasteiger partial charge >= 0.3 is 0 Å². The Labute approximate surface area is 175 Å². The molecule has 1 heterocycles. The molecule has 1 saturated heterocycles. The van der Waals surface area contributed by atoms with Gasteiger partial charge in [0.1, 0.15) is 12.3 Å². The number of ether oxygens (including phenoxy) is 1. The molecule has 0 spiro atoms. The fourth-order valence-electron chi connectivity index (χ4n) is 2.58. The molecule has 28 heavy (non-hydrogen) atoms. The molecule has 0 aromatic heterocycles. The van der Waals surface area contributed by atoms with Crippen molar-refractivity contribution in [3.05, 3.63) is 63.0 Å². The molecule has 1 aliphatic rings. The first-order valence-corrected chi connectivity index (χ1v) is 9.94. The molecule has 0 saturated carbocycles. The minimum absolute atomic E-state index is 0.240. The molecule has 0 unspecified atom stereocenters. The highest BCUT2D eigenvalue weighted by Gasteiger charge is 2.36. The number of amides is 3. The first kappa shape index (κ1) is 20.2. The number of carbonyl (C=O) groups excluding carboxylic acids is 3. The van der Waals surface area contributed by atoms with Gasteiger partial charge in [0.05, 0.1) is 12.0 Å². The van der Waals surface area contributed by atoms with E-state index in [4.69, 9.17) is 4.74 Å². The lowest BCUT2D eigenvalue weighted by atomic mass is 10.2.